The Morgan fingerprint density at radius 3 is 2.51 bits per heavy atom. The lowest BCUT2D eigenvalue weighted by Gasteiger charge is -2.10. The monoisotopic (exact) mass is 487 g/mol. The molecule has 0 radical (unpaired) electrons. The van der Waals surface area contributed by atoms with Gasteiger partial charge >= 0.3 is 0 Å². The molecule has 0 fully saturated rings. The largest absolute Gasteiger partial charge is 0.493 e. The van der Waals surface area contributed by atoms with Crippen LogP contribution in [0.15, 0.2) is 76.4 Å². The Bertz CT molecular complexity index is 1450. The minimum absolute atomic E-state index is 0.112. The second-order valence-electron chi connectivity index (χ2n) is 7.46. The molecule has 0 spiro atoms. The van der Waals surface area contributed by atoms with E-state index in [1.807, 2.05) is 48.5 Å². The molecular formula is C25H21N5O4S. The molecule has 0 saturated carbocycles. The van der Waals surface area contributed by atoms with Gasteiger partial charge in [0.15, 0.2) is 11.5 Å². The summed E-state index contributed by atoms with van der Waals surface area (Å²) in [7, 11) is 3.10. The highest BCUT2D eigenvalue weighted by Crippen LogP contribution is 2.30. The molecular weight excluding hydrogens is 466 g/mol. The number of methoxy groups -OCH3 is 2. The number of ether oxygens (including phenoxy) is 2. The van der Waals surface area contributed by atoms with Gasteiger partial charge in [0.1, 0.15) is 5.82 Å². The fraction of sp³-hybridized carbons (Fsp3) is 0.120. The lowest BCUT2D eigenvalue weighted by molar-refractivity contribution is -0.113. The molecule has 0 atom stereocenters. The zero-order valence-corrected chi connectivity index (χ0v) is 19.8. The summed E-state index contributed by atoms with van der Waals surface area (Å²) in [6, 6.07) is 20.7. The molecule has 0 aliphatic carbocycles. The Morgan fingerprint density at radius 2 is 1.74 bits per heavy atom. The highest BCUT2D eigenvalue weighted by atomic mass is 32.2. The number of carbonyl (C=O) groups excluding carboxylic acids is 1. The van der Waals surface area contributed by atoms with Gasteiger partial charge in [0.25, 0.3) is 5.22 Å². The predicted molar refractivity (Wildman–Crippen MR) is 134 cm³/mol. The van der Waals surface area contributed by atoms with Crippen LogP contribution in [-0.2, 0) is 4.79 Å². The molecule has 5 aromatic rings. The van der Waals surface area contributed by atoms with Crippen molar-refractivity contribution < 1.29 is 18.7 Å². The predicted octanol–water partition coefficient (Wildman–Crippen LogP) is 5.03. The summed E-state index contributed by atoms with van der Waals surface area (Å²) in [5.74, 6) is 2.19. The number of thioether (sulfide) groups is 1. The van der Waals surface area contributed by atoms with Crippen molar-refractivity contribution in [1.82, 2.24) is 20.2 Å². The van der Waals surface area contributed by atoms with Gasteiger partial charge < -0.3 is 24.2 Å². The van der Waals surface area contributed by atoms with E-state index < -0.39 is 0 Å². The highest BCUT2D eigenvalue weighted by molar-refractivity contribution is 7.99. The number of nitrogens with one attached hydrogen (secondary N) is 2. The average Bonchev–Trinajstić information content (AvgIpc) is 3.55. The minimum atomic E-state index is -0.211. The maximum absolute atomic E-state index is 12.4. The van der Waals surface area contributed by atoms with Crippen LogP contribution in [0.3, 0.4) is 0 Å². The number of hydrogen-bond donors (Lipinski definition) is 2. The zero-order valence-electron chi connectivity index (χ0n) is 18.9. The molecule has 1 amide bonds. The van der Waals surface area contributed by atoms with Crippen LogP contribution in [0.25, 0.3) is 33.9 Å². The SMILES string of the molecule is COc1ccc(NC(=O)CSc2nnc(-c3ccc(-c4nc5ccccc5[nH]4)cc3)o2)cc1OC. The van der Waals surface area contributed by atoms with Crippen LogP contribution in [0.1, 0.15) is 0 Å². The number of fused-ring (bicyclic) bond motifs is 1. The molecule has 176 valence electrons. The fourth-order valence-electron chi connectivity index (χ4n) is 3.48. The number of aromatic nitrogens is 4. The van der Waals surface area contributed by atoms with Gasteiger partial charge in [-0.3, -0.25) is 4.79 Å². The second kappa shape index (κ2) is 9.90. The van der Waals surface area contributed by atoms with Crippen LogP contribution in [0.5, 0.6) is 11.5 Å². The van der Waals surface area contributed by atoms with E-state index in [1.165, 1.54) is 0 Å². The molecule has 5 rings (SSSR count). The summed E-state index contributed by atoms with van der Waals surface area (Å²) in [4.78, 5) is 20.3. The number of rotatable bonds is 8. The Balaban J connectivity index is 1.20. The van der Waals surface area contributed by atoms with E-state index >= 15 is 0 Å². The number of para-hydroxylation sites is 2. The van der Waals surface area contributed by atoms with Gasteiger partial charge in [-0.25, -0.2) is 4.98 Å². The number of benzene rings is 3. The summed E-state index contributed by atoms with van der Waals surface area (Å²) in [5.41, 5.74) is 4.23. The molecule has 35 heavy (non-hydrogen) atoms. The van der Waals surface area contributed by atoms with E-state index in [-0.39, 0.29) is 11.7 Å². The minimum Gasteiger partial charge on any atom is -0.493 e. The van der Waals surface area contributed by atoms with Gasteiger partial charge in [-0.2, -0.15) is 0 Å². The molecule has 0 aliphatic heterocycles. The number of H-pyrrole nitrogens is 1. The van der Waals surface area contributed by atoms with E-state index in [4.69, 9.17) is 13.9 Å². The first-order valence-corrected chi connectivity index (χ1v) is 11.7. The van der Waals surface area contributed by atoms with E-state index in [9.17, 15) is 4.79 Å². The topological polar surface area (TPSA) is 115 Å². The van der Waals surface area contributed by atoms with E-state index in [0.29, 0.717) is 28.3 Å². The third-order valence-electron chi connectivity index (χ3n) is 5.20. The van der Waals surface area contributed by atoms with Crippen LogP contribution in [-0.4, -0.2) is 46.0 Å². The van der Waals surface area contributed by atoms with Crippen molar-refractivity contribution in [3.05, 3.63) is 66.7 Å². The summed E-state index contributed by atoms with van der Waals surface area (Å²) >= 11 is 1.16. The molecule has 9 nitrogen and oxygen atoms in total. The van der Waals surface area contributed by atoms with Crippen molar-refractivity contribution in [1.29, 1.82) is 0 Å². The Hall–Kier alpha value is -4.31. The molecule has 2 N–H and O–H groups in total. The van der Waals surface area contributed by atoms with Crippen LogP contribution >= 0.6 is 11.8 Å². The van der Waals surface area contributed by atoms with Crippen molar-refractivity contribution in [2.75, 3.05) is 25.3 Å². The van der Waals surface area contributed by atoms with Crippen molar-refractivity contribution in [2.45, 2.75) is 5.22 Å². The van der Waals surface area contributed by atoms with E-state index in [2.05, 4.69) is 25.5 Å². The van der Waals surface area contributed by atoms with Crippen LogP contribution in [0.4, 0.5) is 5.69 Å². The standard InChI is InChI=1S/C25H21N5O4S/c1-32-20-12-11-17(13-21(20)33-2)26-22(31)14-35-25-30-29-24(34-25)16-9-7-15(8-10-16)23-27-18-5-3-4-6-19(18)28-23/h3-13H,14H2,1-2H3,(H,26,31)(H,27,28). The van der Waals surface area contributed by atoms with Gasteiger partial charge in [0, 0.05) is 22.9 Å². The van der Waals surface area contributed by atoms with Crippen molar-refractivity contribution in [3.63, 3.8) is 0 Å². The molecule has 0 bridgehead atoms. The lowest BCUT2D eigenvalue weighted by Crippen LogP contribution is -2.14. The number of hydrogen-bond acceptors (Lipinski definition) is 8. The first kappa shape index (κ1) is 22.5. The molecule has 2 aromatic heterocycles. The van der Waals surface area contributed by atoms with Gasteiger partial charge in [-0.1, -0.05) is 36.0 Å². The zero-order chi connectivity index (χ0) is 24.2. The summed E-state index contributed by atoms with van der Waals surface area (Å²) < 4.78 is 16.2. The normalized spacial score (nSPS) is 10.9. The average molecular weight is 488 g/mol. The van der Waals surface area contributed by atoms with Crippen molar-refractivity contribution in [3.8, 4) is 34.3 Å². The Labute approximate surface area is 204 Å². The molecule has 3 aromatic carbocycles. The molecule has 10 heteroatoms. The molecule has 2 heterocycles. The highest BCUT2D eigenvalue weighted by Gasteiger charge is 2.13. The van der Waals surface area contributed by atoms with Crippen molar-refractivity contribution >= 4 is 34.4 Å². The third kappa shape index (κ3) is 4.97. The van der Waals surface area contributed by atoms with Gasteiger partial charge in [0.05, 0.1) is 31.0 Å². The van der Waals surface area contributed by atoms with Gasteiger partial charge in [-0.05, 0) is 36.4 Å². The quantitative estimate of drug-likeness (QED) is 0.293. The van der Waals surface area contributed by atoms with Crippen molar-refractivity contribution in [2.24, 2.45) is 0 Å². The Morgan fingerprint density at radius 1 is 0.971 bits per heavy atom. The van der Waals surface area contributed by atoms with Crippen LogP contribution < -0.4 is 14.8 Å². The van der Waals surface area contributed by atoms with Gasteiger partial charge in [-0.15, -0.1) is 10.2 Å². The molecule has 0 saturated heterocycles. The van der Waals surface area contributed by atoms with Crippen LogP contribution in [0, 0.1) is 0 Å². The number of aromatic amines is 1. The first-order valence-electron chi connectivity index (χ1n) is 10.7. The molecule has 0 aliphatic rings. The number of imidazole rings is 1. The van der Waals surface area contributed by atoms with E-state index in [1.54, 1.807) is 32.4 Å². The summed E-state index contributed by atoms with van der Waals surface area (Å²) in [6.07, 6.45) is 0. The van der Waals surface area contributed by atoms with E-state index in [0.717, 1.165) is 39.7 Å². The number of amides is 1. The second-order valence-corrected chi connectivity index (χ2v) is 8.39. The summed E-state index contributed by atoms with van der Waals surface area (Å²) in [6.45, 7) is 0. The Kier molecular flexibility index (Phi) is 6.36. The fourth-order valence-corrected chi connectivity index (χ4v) is 4.05. The third-order valence-corrected chi connectivity index (χ3v) is 6.01. The number of nitrogens with zero attached hydrogens (tertiary/aromatic N) is 3. The smallest absolute Gasteiger partial charge is 0.277 e. The lowest BCUT2D eigenvalue weighted by atomic mass is 10.1. The first-order chi connectivity index (χ1) is 17.1. The maximum Gasteiger partial charge on any atom is 0.277 e. The van der Waals surface area contributed by atoms with Gasteiger partial charge in [0.2, 0.25) is 11.8 Å². The van der Waals surface area contributed by atoms with Crippen LogP contribution in [0.2, 0.25) is 0 Å². The number of anilines is 1. The molecule has 0 unspecified atom stereocenters. The number of carbonyl (C=O) groups is 1. The summed E-state index contributed by atoms with van der Waals surface area (Å²) in [5, 5.41) is 11.3. The maximum atomic E-state index is 12.4.